The Morgan fingerprint density at radius 3 is 2.46 bits per heavy atom. The smallest absolute Gasteiger partial charge is 0.339 e. The largest absolute Gasteiger partial charge is 0.465 e. The van der Waals surface area contributed by atoms with E-state index in [1.165, 1.54) is 19.5 Å². The number of methoxy groups -OCH3 is 1. The van der Waals surface area contributed by atoms with Crippen LogP contribution < -0.4 is 5.32 Å². The number of piperazine rings is 1. The van der Waals surface area contributed by atoms with Crippen LogP contribution in [0.3, 0.4) is 0 Å². The number of amides is 1. The first-order valence-electron chi connectivity index (χ1n) is 8.32. The van der Waals surface area contributed by atoms with E-state index in [-0.39, 0.29) is 5.91 Å². The van der Waals surface area contributed by atoms with Crippen LogP contribution in [0, 0.1) is 0 Å². The maximum atomic E-state index is 12.5. The van der Waals surface area contributed by atoms with Crippen LogP contribution in [0.2, 0.25) is 0 Å². The number of rotatable bonds is 4. The fourth-order valence-corrected chi connectivity index (χ4v) is 2.69. The van der Waals surface area contributed by atoms with Gasteiger partial charge in [0.2, 0.25) is 0 Å². The van der Waals surface area contributed by atoms with E-state index in [0.29, 0.717) is 35.9 Å². The molecule has 0 aliphatic carbocycles. The number of likely N-dealkylation sites (N-methyl/N-ethyl adjacent to an activating group) is 1. The van der Waals surface area contributed by atoms with Crippen molar-refractivity contribution in [2.75, 3.05) is 45.7 Å². The summed E-state index contributed by atoms with van der Waals surface area (Å²) in [6, 6.07) is 6.96. The quantitative estimate of drug-likeness (QED) is 0.829. The highest BCUT2D eigenvalue weighted by molar-refractivity contribution is 5.96. The van der Waals surface area contributed by atoms with Crippen LogP contribution in [0.4, 0.5) is 11.5 Å². The number of esters is 1. The van der Waals surface area contributed by atoms with Crippen molar-refractivity contribution in [3.8, 4) is 0 Å². The highest BCUT2D eigenvalue weighted by Gasteiger charge is 2.21. The van der Waals surface area contributed by atoms with Crippen molar-refractivity contribution in [2.24, 2.45) is 0 Å². The van der Waals surface area contributed by atoms with Crippen LogP contribution in [0.15, 0.2) is 36.7 Å². The third kappa shape index (κ3) is 3.97. The first-order chi connectivity index (χ1) is 12.6. The van der Waals surface area contributed by atoms with Crippen LogP contribution in [-0.2, 0) is 4.74 Å². The number of hydrogen-bond donors (Lipinski definition) is 1. The van der Waals surface area contributed by atoms with E-state index in [9.17, 15) is 9.59 Å². The van der Waals surface area contributed by atoms with Gasteiger partial charge in [-0.1, -0.05) is 12.1 Å². The van der Waals surface area contributed by atoms with Crippen molar-refractivity contribution < 1.29 is 14.3 Å². The van der Waals surface area contributed by atoms with Crippen molar-refractivity contribution in [1.29, 1.82) is 0 Å². The Balaban J connectivity index is 1.71. The number of hydrogen-bond acceptors (Lipinski definition) is 7. The number of benzene rings is 1. The molecule has 1 aliphatic heterocycles. The van der Waals surface area contributed by atoms with Gasteiger partial charge in [-0.2, -0.15) is 0 Å². The summed E-state index contributed by atoms with van der Waals surface area (Å²) >= 11 is 0. The maximum absolute atomic E-state index is 12.5. The highest BCUT2D eigenvalue weighted by Crippen LogP contribution is 2.20. The van der Waals surface area contributed by atoms with E-state index in [4.69, 9.17) is 4.74 Å². The molecule has 2 heterocycles. The summed E-state index contributed by atoms with van der Waals surface area (Å²) in [5, 5.41) is 3.03. The molecule has 136 valence electrons. The fraction of sp³-hybridized carbons (Fsp3) is 0.333. The van der Waals surface area contributed by atoms with Gasteiger partial charge in [0.15, 0.2) is 0 Å². The molecule has 1 amide bonds. The molecule has 1 aliphatic rings. The predicted octanol–water partition coefficient (Wildman–Crippen LogP) is 1.39. The van der Waals surface area contributed by atoms with Crippen LogP contribution in [0.5, 0.6) is 0 Å². The minimum atomic E-state index is -0.442. The van der Waals surface area contributed by atoms with E-state index in [1.807, 2.05) is 7.05 Å². The summed E-state index contributed by atoms with van der Waals surface area (Å²) < 4.78 is 4.77. The van der Waals surface area contributed by atoms with E-state index in [2.05, 4.69) is 20.2 Å². The minimum absolute atomic E-state index is 0.118. The number of anilines is 2. The van der Waals surface area contributed by atoms with Gasteiger partial charge in [-0.15, -0.1) is 0 Å². The lowest BCUT2D eigenvalue weighted by atomic mass is 10.2. The Hall–Kier alpha value is -3.00. The number of nitrogens with one attached hydrogen (secondary N) is 1. The molecule has 1 saturated heterocycles. The Kier molecular flexibility index (Phi) is 5.43. The molecule has 26 heavy (non-hydrogen) atoms. The van der Waals surface area contributed by atoms with Crippen LogP contribution in [-0.4, -0.2) is 72.0 Å². The SMILES string of the molecule is COC(=O)c1ccccc1Nc1cnc(C(=O)N2CCN(C)CC2)cn1. The van der Waals surface area contributed by atoms with Crippen LogP contribution in [0.1, 0.15) is 20.8 Å². The zero-order chi connectivity index (χ0) is 18.5. The van der Waals surface area contributed by atoms with E-state index in [0.717, 1.165) is 13.1 Å². The Labute approximate surface area is 151 Å². The summed E-state index contributed by atoms with van der Waals surface area (Å²) in [6.45, 7) is 3.07. The van der Waals surface area contributed by atoms with Crippen molar-refractivity contribution in [2.45, 2.75) is 0 Å². The second-order valence-electron chi connectivity index (χ2n) is 6.04. The normalized spacial score (nSPS) is 14.8. The van der Waals surface area contributed by atoms with Crippen LogP contribution >= 0.6 is 0 Å². The molecule has 0 unspecified atom stereocenters. The van der Waals surface area contributed by atoms with Gasteiger partial charge < -0.3 is 19.9 Å². The van der Waals surface area contributed by atoms with E-state index >= 15 is 0 Å². The molecule has 1 aromatic carbocycles. The lowest BCUT2D eigenvalue weighted by molar-refractivity contribution is 0.0601. The van der Waals surface area contributed by atoms with Gasteiger partial charge in [0.05, 0.1) is 30.8 Å². The number of nitrogens with zero attached hydrogens (tertiary/aromatic N) is 4. The minimum Gasteiger partial charge on any atom is -0.465 e. The summed E-state index contributed by atoms with van der Waals surface area (Å²) in [4.78, 5) is 36.7. The molecule has 0 radical (unpaired) electrons. The summed E-state index contributed by atoms with van der Waals surface area (Å²) in [5.41, 5.74) is 1.27. The lowest BCUT2D eigenvalue weighted by Gasteiger charge is -2.32. The molecule has 0 saturated carbocycles. The number of ether oxygens (including phenoxy) is 1. The standard InChI is InChI=1S/C18H21N5O3/c1-22-7-9-23(10-8-22)17(24)15-11-20-16(12-19-15)21-14-6-4-3-5-13(14)18(25)26-2/h3-6,11-12H,7-10H2,1-2H3,(H,20,21). The second kappa shape index (κ2) is 7.92. The van der Waals surface area contributed by atoms with Gasteiger partial charge in [0.25, 0.3) is 5.91 Å². The predicted molar refractivity (Wildman–Crippen MR) is 96.5 cm³/mol. The van der Waals surface area contributed by atoms with Crippen molar-refractivity contribution in [1.82, 2.24) is 19.8 Å². The zero-order valence-electron chi connectivity index (χ0n) is 14.8. The molecule has 1 aromatic heterocycles. The van der Waals surface area contributed by atoms with E-state index < -0.39 is 5.97 Å². The first kappa shape index (κ1) is 17.8. The summed E-state index contributed by atoms with van der Waals surface area (Å²) in [6.07, 6.45) is 2.93. The number of carbonyl (C=O) groups excluding carboxylic acids is 2. The lowest BCUT2D eigenvalue weighted by Crippen LogP contribution is -2.47. The molecule has 1 N–H and O–H groups in total. The summed E-state index contributed by atoms with van der Waals surface area (Å²) in [5.74, 6) is -0.119. The maximum Gasteiger partial charge on any atom is 0.339 e. The van der Waals surface area contributed by atoms with Crippen molar-refractivity contribution in [3.63, 3.8) is 0 Å². The average Bonchev–Trinajstić information content (AvgIpc) is 2.68. The van der Waals surface area contributed by atoms with E-state index in [1.54, 1.807) is 29.2 Å². The molecular weight excluding hydrogens is 334 g/mol. The fourth-order valence-electron chi connectivity index (χ4n) is 2.69. The third-order valence-electron chi connectivity index (χ3n) is 4.26. The molecule has 8 nitrogen and oxygen atoms in total. The third-order valence-corrected chi connectivity index (χ3v) is 4.26. The molecule has 3 rings (SSSR count). The number of para-hydroxylation sites is 1. The molecule has 0 bridgehead atoms. The number of aromatic nitrogens is 2. The highest BCUT2D eigenvalue weighted by atomic mass is 16.5. The Morgan fingerprint density at radius 1 is 1.08 bits per heavy atom. The number of carbonyl (C=O) groups is 2. The molecule has 0 atom stereocenters. The van der Waals surface area contributed by atoms with Gasteiger partial charge in [-0.05, 0) is 19.2 Å². The molecule has 1 fully saturated rings. The van der Waals surface area contributed by atoms with Crippen molar-refractivity contribution >= 4 is 23.4 Å². The Morgan fingerprint density at radius 2 is 1.81 bits per heavy atom. The van der Waals surface area contributed by atoms with Gasteiger partial charge in [-0.3, -0.25) is 4.79 Å². The molecule has 8 heteroatoms. The van der Waals surface area contributed by atoms with Gasteiger partial charge in [0.1, 0.15) is 11.5 Å². The molecular formula is C18H21N5O3. The Bertz CT molecular complexity index is 786. The molecule has 0 spiro atoms. The van der Waals surface area contributed by atoms with Crippen molar-refractivity contribution in [3.05, 3.63) is 47.9 Å². The average molecular weight is 355 g/mol. The van der Waals surface area contributed by atoms with Gasteiger partial charge in [0, 0.05) is 26.2 Å². The van der Waals surface area contributed by atoms with Gasteiger partial charge in [-0.25, -0.2) is 14.8 Å². The molecule has 2 aromatic rings. The topological polar surface area (TPSA) is 87.7 Å². The van der Waals surface area contributed by atoms with Crippen LogP contribution in [0.25, 0.3) is 0 Å². The summed E-state index contributed by atoms with van der Waals surface area (Å²) in [7, 11) is 3.37. The first-order valence-corrected chi connectivity index (χ1v) is 8.32. The van der Waals surface area contributed by atoms with Gasteiger partial charge >= 0.3 is 5.97 Å². The monoisotopic (exact) mass is 355 g/mol. The zero-order valence-corrected chi connectivity index (χ0v) is 14.8. The second-order valence-corrected chi connectivity index (χ2v) is 6.04.